The van der Waals surface area contributed by atoms with Crippen LogP contribution in [-0.4, -0.2) is 49.1 Å². The van der Waals surface area contributed by atoms with Crippen molar-refractivity contribution in [2.45, 2.75) is 13.3 Å². The van der Waals surface area contributed by atoms with Crippen LogP contribution in [0.25, 0.3) is 6.08 Å². The highest BCUT2D eigenvalue weighted by atomic mass is 16.6. The van der Waals surface area contributed by atoms with Gasteiger partial charge < -0.3 is 14.4 Å². The second kappa shape index (κ2) is 8.39. The molecule has 1 heterocycles. The van der Waals surface area contributed by atoms with Gasteiger partial charge >= 0.3 is 5.97 Å². The van der Waals surface area contributed by atoms with E-state index in [0.29, 0.717) is 30.8 Å². The van der Waals surface area contributed by atoms with Gasteiger partial charge in [-0.15, -0.1) is 0 Å². The Morgan fingerprint density at radius 2 is 2.08 bits per heavy atom. The average Bonchev–Trinajstić information content (AvgIpc) is 2.85. The van der Waals surface area contributed by atoms with Crippen molar-refractivity contribution in [2.24, 2.45) is 0 Å². The molecule has 1 aromatic rings. The van der Waals surface area contributed by atoms with Crippen molar-refractivity contribution in [1.82, 2.24) is 4.90 Å². The van der Waals surface area contributed by atoms with Gasteiger partial charge in [-0.3, -0.25) is 14.9 Å². The van der Waals surface area contributed by atoms with Gasteiger partial charge in [0.25, 0.3) is 11.6 Å². The number of nitro benzene ring substituents is 1. The van der Waals surface area contributed by atoms with Crippen LogP contribution in [0.2, 0.25) is 0 Å². The summed E-state index contributed by atoms with van der Waals surface area (Å²) in [6.45, 7) is 2.55. The Hall–Kier alpha value is -3.00. The third-order valence-electron chi connectivity index (χ3n) is 4.02. The maximum absolute atomic E-state index is 12.8. The summed E-state index contributed by atoms with van der Waals surface area (Å²) in [6.07, 6.45) is 2.08. The molecule has 0 unspecified atom stereocenters. The van der Waals surface area contributed by atoms with Crippen LogP contribution in [0.4, 0.5) is 5.69 Å². The van der Waals surface area contributed by atoms with Gasteiger partial charge in [0.05, 0.1) is 23.2 Å². The number of esters is 1. The summed E-state index contributed by atoms with van der Waals surface area (Å²) in [5, 5.41) is 10.9. The maximum atomic E-state index is 12.8. The minimum atomic E-state index is -0.623. The minimum absolute atomic E-state index is 0.0953. The molecule has 0 saturated carbocycles. The van der Waals surface area contributed by atoms with Gasteiger partial charge in [-0.1, -0.05) is 12.1 Å². The molecule has 1 aromatic carbocycles. The Morgan fingerprint density at radius 3 is 2.69 bits per heavy atom. The maximum Gasteiger partial charge on any atom is 0.340 e. The molecule has 1 aliphatic heterocycles. The predicted octanol–water partition coefficient (Wildman–Crippen LogP) is 2.30. The van der Waals surface area contributed by atoms with Crippen molar-refractivity contribution in [3.05, 3.63) is 56.8 Å². The molecule has 0 bridgehead atoms. The Kier molecular flexibility index (Phi) is 6.24. The van der Waals surface area contributed by atoms with E-state index < -0.39 is 10.9 Å². The standard InChI is InChI=1S/C18H20N2O6/c1-12-16(18(22)26-3)15(17(21)19(12)8-5-9-25-2)11-13-6-4-7-14(10-13)20(23)24/h4,6-7,10-11H,5,8-9H2,1-3H3/b15-11-. The van der Waals surface area contributed by atoms with E-state index in [-0.39, 0.29) is 22.7 Å². The van der Waals surface area contributed by atoms with Gasteiger partial charge in [0.2, 0.25) is 0 Å². The van der Waals surface area contributed by atoms with Crippen molar-refractivity contribution in [1.29, 1.82) is 0 Å². The largest absolute Gasteiger partial charge is 0.465 e. The van der Waals surface area contributed by atoms with Crippen molar-refractivity contribution in [3.63, 3.8) is 0 Å². The molecule has 1 amide bonds. The Morgan fingerprint density at radius 1 is 1.35 bits per heavy atom. The molecule has 0 aliphatic carbocycles. The van der Waals surface area contributed by atoms with Gasteiger partial charge in [-0.05, 0) is 25.0 Å². The molecule has 26 heavy (non-hydrogen) atoms. The lowest BCUT2D eigenvalue weighted by Gasteiger charge is -2.17. The number of hydrogen-bond acceptors (Lipinski definition) is 6. The zero-order valence-electron chi connectivity index (χ0n) is 14.9. The van der Waals surface area contributed by atoms with Crippen molar-refractivity contribution in [2.75, 3.05) is 27.4 Å². The Labute approximate surface area is 150 Å². The van der Waals surface area contributed by atoms with Gasteiger partial charge in [-0.25, -0.2) is 4.79 Å². The molecular formula is C18H20N2O6. The topological polar surface area (TPSA) is 99.0 Å². The molecule has 0 saturated heterocycles. The first-order valence-electron chi connectivity index (χ1n) is 7.97. The number of methoxy groups -OCH3 is 2. The van der Waals surface area contributed by atoms with Crippen LogP contribution < -0.4 is 0 Å². The fourth-order valence-electron chi connectivity index (χ4n) is 2.76. The molecule has 0 atom stereocenters. The lowest BCUT2D eigenvalue weighted by Crippen LogP contribution is -2.26. The van der Waals surface area contributed by atoms with Crippen LogP contribution >= 0.6 is 0 Å². The van der Waals surface area contributed by atoms with E-state index in [1.165, 1.54) is 36.3 Å². The van der Waals surface area contributed by atoms with Crippen LogP contribution in [-0.2, 0) is 19.1 Å². The molecule has 2 rings (SSSR count). The second-order valence-electron chi connectivity index (χ2n) is 5.67. The summed E-state index contributed by atoms with van der Waals surface area (Å²) >= 11 is 0. The number of carbonyl (C=O) groups is 2. The normalized spacial score (nSPS) is 15.7. The van der Waals surface area contributed by atoms with Gasteiger partial charge in [0.15, 0.2) is 0 Å². The third-order valence-corrected chi connectivity index (χ3v) is 4.02. The molecule has 8 nitrogen and oxygen atoms in total. The smallest absolute Gasteiger partial charge is 0.340 e. The molecule has 0 N–H and O–H groups in total. The SMILES string of the molecule is COCCCN1C(=O)/C(=C\c2cccc([N+](=O)[O-])c2)C(C(=O)OC)=C1C. The summed E-state index contributed by atoms with van der Waals surface area (Å²) in [7, 11) is 2.81. The third kappa shape index (κ3) is 3.97. The molecule has 8 heteroatoms. The minimum Gasteiger partial charge on any atom is -0.465 e. The molecule has 0 fully saturated rings. The average molecular weight is 360 g/mol. The fraction of sp³-hybridized carbons (Fsp3) is 0.333. The molecule has 0 aromatic heterocycles. The van der Waals surface area contributed by atoms with Gasteiger partial charge in [-0.2, -0.15) is 0 Å². The summed E-state index contributed by atoms with van der Waals surface area (Å²) < 4.78 is 9.81. The summed E-state index contributed by atoms with van der Waals surface area (Å²) in [5.74, 6) is -0.965. The van der Waals surface area contributed by atoms with Crippen molar-refractivity contribution >= 4 is 23.6 Å². The molecule has 138 valence electrons. The first kappa shape index (κ1) is 19.3. The van der Waals surface area contributed by atoms with E-state index >= 15 is 0 Å². The molecule has 1 aliphatic rings. The lowest BCUT2D eigenvalue weighted by molar-refractivity contribution is -0.384. The second-order valence-corrected chi connectivity index (χ2v) is 5.67. The van der Waals surface area contributed by atoms with E-state index in [0.717, 1.165) is 0 Å². The Balaban J connectivity index is 2.44. The summed E-state index contributed by atoms with van der Waals surface area (Å²) in [6, 6.07) is 5.86. The number of ether oxygens (including phenoxy) is 2. The molecule has 0 spiro atoms. The summed E-state index contributed by atoms with van der Waals surface area (Å²) in [4.78, 5) is 36.9. The van der Waals surface area contributed by atoms with Crippen LogP contribution in [0, 0.1) is 10.1 Å². The monoisotopic (exact) mass is 360 g/mol. The number of allylic oxidation sites excluding steroid dienone is 1. The zero-order chi connectivity index (χ0) is 19.3. The van der Waals surface area contributed by atoms with Gasteiger partial charge in [0.1, 0.15) is 0 Å². The van der Waals surface area contributed by atoms with E-state index in [1.54, 1.807) is 20.1 Å². The number of hydrogen-bond donors (Lipinski definition) is 0. The van der Waals surface area contributed by atoms with Crippen molar-refractivity contribution in [3.8, 4) is 0 Å². The number of benzene rings is 1. The van der Waals surface area contributed by atoms with E-state index in [9.17, 15) is 19.7 Å². The predicted molar refractivity (Wildman–Crippen MR) is 94.0 cm³/mol. The lowest BCUT2D eigenvalue weighted by atomic mass is 10.0. The number of carbonyl (C=O) groups excluding carboxylic acids is 2. The zero-order valence-corrected chi connectivity index (χ0v) is 14.9. The van der Waals surface area contributed by atoms with E-state index in [1.807, 2.05) is 0 Å². The van der Waals surface area contributed by atoms with Crippen molar-refractivity contribution < 1.29 is 24.0 Å². The van der Waals surface area contributed by atoms with E-state index in [2.05, 4.69) is 0 Å². The van der Waals surface area contributed by atoms with Crippen LogP contribution in [0.1, 0.15) is 18.9 Å². The first-order chi connectivity index (χ1) is 12.4. The van der Waals surface area contributed by atoms with Crippen LogP contribution in [0.15, 0.2) is 41.1 Å². The first-order valence-corrected chi connectivity index (χ1v) is 7.97. The number of rotatable bonds is 7. The fourth-order valence-corrected chi connectivity index (χ4v) is 2.76. The van der Waals surface area contributed by atoms with Crippen LogP contribution in [0.5, 0.6) is 0 Å². The number of amides is 1. The summed E-state index contributed by atoms with van der Waals surface area (Å²) in [5.41, 5.74) is 1.18. The highest BCUT2D eigenvalue weighted by molar-refractivity contribution is 6.16. The van der Waals surface area contributed by atoms with Gasteiger partial charge in [0, 0.05) is 38.1 Å². The highest BCUT2D eigenvalue weighted by Gasteiger charge is 2.36. The van der Waals surface area contributed by atoms with E-state index in [4.69, 9.17) is 9.47 Å². The number of nitro groups is 1. The van der Waals surface area contributed by atoms with Crippen LogP contribution in [0.3, 0.4) is 0 Å². The quantitative estimate of drug-likeness (QED) is 0.243. The molecule has 0 radical (unpaired) electrons. The Bertz CT molecular complexity index is 797. The number of nitrogens with zero attached hydrogens (tertiary/aromatic N) is 2. The number of non-ortho nitro benzene ring substituents is 1. The molecular weight excluding hydrogens is 340 g/mol. The highest BCUT2D eigenvalue weighted by Crippen LogP contribution is 2.32.